The highest BCUT2D eigenvalue weighted by Gasteiger charge is 2.26. The third-order valence-electron chi connectivity index (χ3n) is 5.77. The molecule has 0 aromatic carbocycles. The van der Waals surface area contributed by atoms with E-state index < -0.39 is 0 Å². The maximum atomic E-state index is 12.7. The van der Waals surface area contributed by atoms with Gasteiger partial charge in [-0.3, -0.25) is 14.0 Å². The number of hydrogen-bond donors (Lipinski definition) is 3. The number of fused-ring (bicyclic) bond motifs is 3. The summed E-state index contributed by atoms with van der Waals surface area (Å²) in [4.78, 5) is 34.5. The van der Waals surface area contributed by atoms with Crippen LogP contribution in [0.3, 0.4) is 0 Å². The van der Waals surface area contributed by atoms with Gasteiger partial charge in [-0.1, -0.05) is 0 Å². The van der Waals surface area contributed by atoms with Crippen LogP contribution in [0.1, 0.15) is 43.0 Å². The van der Waals surface area contributed by atoms with Crippen LogP contribution in [0.25, 0.3) is 4.96 Å². The van der Waals surface area contributed by atoms with Crippen molar-refractivity contribution >= 4 is 22.2 Å². The van der Waals surface area contributed by atoms with E-state index in [0.717, 1.165) is 56.2 Å². The number of nitrogens with zero attached hydrogens (tertiary/aromatic N) is 2. The molecule has 2 aromatic rings. The summed E-state index contributed by atoms with van der Waals surface area (Å²) in [6.07, 6.45) is 4.46. The monoisotopic (exact) mass is 405 g/mol. The zero-order valence-corrected chi connectivity index (χ0v) is 17.7. The average molecular weight is 406 g/mol. The van der Waals surface area contributed by atoms with E-state index >= 15 is 0 Å². The SMILES string of the molecule is CC(C)NC(=O)C[NH+]1CC[NH+](Cc2cc(=O)n3c4c(sc3n2)CCCC4)CC1. The number of nitrogens with one attached hydrogen (secondary N) is 3. The highest BCUT2D eigenvalue weighted by atomic mass is 32.1. The predicted molar refractivity (Wildman–Crippen MR) is 109 cm³/mol. The summed E-state index contributed by atoms with van der Waals surface area (Å²) in [6.45, 7) is 9.30. The standard InChI is InChI=1S/C20H29N5O2S/c1-14(2)21-18(26)13-24-9-7-23(8-10-24)12-15-11-19(27)25-16-5-3-4-6-17(16)28-20(25)22-15/h11,14H,3-10,12-13H2,1-2H3,(H,21,26)/p+2. The lowest BCUT2D eigenvalue weighted by Gasteiger charge is -2.29. The van der Waals surface area contributed by atoms with Crippen molar-refractivity contribution in [3.8, 4) is 0 Å². The van der Waals surface area contributed by atoms with Gasteiger partial charge >= 0.3 is 0 Å². The van der Waals surface area contributed by atoms with E-state index in [1.165, 1.54) is 33.2 Å². The molecule has 0 unspecified atom stereocenters. The summed E-state index contributed by atoms with van der Waals surface area (Å²) in [5, 5.41) is 2.97. The second-order valence-electron chi connectivity index (χ2n) is 8.46. The fourth-order valence-corrected chi connectivity index (χ4v) is 5.63. The summed E-state index contributed by atoms with van der Waals surface area (Å²) >= 11 is 1.70. The molecule has 0 saturated carbocycles. The molecular weight excluding hydrogens is 374 g/mol. The Labute approximate surface area is 169 Å². The van der Waals surface area contributed by atoms with Gasteiger partial charge in [0.1, 0.15) is 38.4 Å². The van der Waals surface area contributed by atoms with Gasteiger partial charge in [-0.25, -0.2) is 4.98 Å². The minimum Gasteiger partial charge on any atom is -0.349 e. The van der Waals surface area contributed by atoms with Gasteiger partial charge in [0.15, 0.2) is 11.5 Å². The van der Waals surface area contributed by atoms with Crippen LogP contribution in [0.2, 0.25) is 0 Å². The highest BCUT2D eigenvalue weighted by Crippen LogP contribution is 2.28. The number of piperazine rings is 1. The first kappa shape index (κ1) is 19.5. The Balaban J connectivity index is 1.38. The normalized spacial score (nSPS) is 22.4. The van der Waals surface area contributed by atoms with Crippen LogP contribution >= 0.6 is 11.3 Å². The fourth-order valence-electron chi connectivity index (χ4n) is 4.40. The minimum absolute atomic E-state index is 0.0772. The summed E-state index contributed by atoms with van der Waals surface area (Å²) in [5.74, 6) is 0.134. The Kier molecular flexibility index (Phi) is 5.80. The third kappa shape index (κ3) is 4.29. The van der Waals surface area contributed by atoms with E-state index in [9.17, 15) is 9.59 Å². The van der Waals surface area contributed by atoms with Crippen molar-refractivity contribution in [2.45, 2.75) is 52.1 Å². The molecule has 2 aliphatic rings. The molecule has 1 fully saturated rings. The molecule has 7 nitrogen and oxygen atoms in total. The number of thiazole rings is 1. The number of rotatable bonds is 5. The summed E-state index contributed by atoms with van der Waals surface area (Å²) in [5.41, 5.74) is 2.17. The molecule has 1 aliphatic carbocycles. The highest BCUT2D eigenvalue weighted by molar-refractivity contribution is 7.17. The van der Waals surface area contributed by atoms with Crippen LogP contribution in [0.5, 0.6) is 0 Å². The van der Waals surface area contributed by atoms with Gasteiger partial charge in [0.25, 0.3) is 11.5 Å². The van der Waals surface area contributed by atoms with Crippen molar-refractivity contribution in [3.63, 3.8) is 0 Å². The molecule has 1 amide bonds. The molecule has 0 radical (unpaired) electrons. The quantitative estimate of drug-likeness (QED) is 0.564. The van der Waals surface area contributed by atoms with Gasteiger partial charge in [0.05, 0.1) is 0 Å². The fraction of sp³-hybridized carbons (Fsp3) is 0.650. The molecular formula is C20H31N5O2S+2. The van der Waals surface area contributed by atoms with Gasteiger partial charge in [0.2, 0.25) is 0 Å². The van der Waals surface area contributed by atoms with Crippen LogP contribution in [0.15, 0.2) is 10.9 Å². The van der Waals surface area contributed by atoms with E-state index in [1.807, 2.05) is 18.2 Å². The number of carbonyl (C=O) groups is 1. The first-order valence-electron chi connectivity index (χ1n) is 10.5. The number of hydrogen-bond acceptors (Lipinski definition) is 4. The second-order valence-corrected chi connectivity index (χ2v) is 9.52. The zero-order chi connectivity index (χ0) is 19.7. The van der Waals surface area contributed by atoms with Crippen molar-refractivity contribution in [1.82, 2.24) is 14.7 Å². The lowest BCUT2D eigenvalue weighted by atomic mass is 10.0. The molecule has 1 aliphatic heterocycles. The molecule has 4 rings (SSSR count). The van der Waals surface area contributed by atoms with Crippen LogP contribution in [-0.4, -0.2) is 54.1 Å². The first-order valence-corrected chi connectivity index (χ1v) is 11.3. The van der Waals surface area contributed by atoms with Crippen LogP contribution in [0.4, 0.5) is 0 Å². The van der Waals surface area contributed by atoms with E-state index in [-0.39, 0.29) is 17.5 Å². The van der Waals surface area contributed by atoms with Crippen LogP contribution in [-0.2, 0) is 24.2 Å². The molecule has 0 spiro atoms. The maximum absolute atomic E-state index is 12.7. The molecule has 8 heteroatoms. The average Bonchev–Trinajstić information content (AvgIpc) is 3.01. The second kappa shape index (κ2) is 8.31. The van der Waals surface area contributed by atoms with Crippen LogP contribution < -0.4 is 20.7 Å². The topological polar surface area (TPSA) is 72.3 Å². The third-order valence-corrected chi connectivity index (χ3v) is 6.91. The minimum atomic E-state index is 0.0772. The summed E-state index contributed by atoms with van der Waals surface area (Å²) < 4.78 is 1.84. The number of amides is 1. The summed E-state index contributed by atoms with van der Waals surface area (Å²) in [6, 6.07) is 1.93. The molecule has 28 heavy (non-hydrogen) atoms. The van der Waals surface area contributed by atoms with Crippen molar-refractivity contribution < 1.29 is 14.6 Å². The Morgan fingerprint density at radius 2 is 1.93 bits per heavy atom. The maximum Gasteiger partial charge on any atom is 0.275 e. The lowest BCUT2D eigenvalue weighted by Crippen LogP contribution is -3.28. The largest absolute Gasteiger partial charge is 0.349 e. The van der Waals surface area contributed by atoms with Crippen LogP contribution in [0, 0.1) is 0 Å². The molecule has 3 N–H and O–H groups in total. The zero-order valence-electron chi connectivity index (χ0n) is 16.8. The Morgan fingerprint density at radius 3 is 2.68 bits per heavy atom. The number of aryl methyl sites for hydroxylation is 2. The summed E-state index contributed by atoms with van der Waals surface area (Å²) in [7, 11) is 0. The van der Waals surface area contributed by atoms with Gasteiger partial charge in [-0.15, -0.1) is 11.3 Å². The lowest BCUT2D eigenvalue weighted by molar-refractivity contribution is -1.02. The molecule has 0 atom stereocenters. The molecule has 3 heterocycles. The molecule has 0 bridgehead atoms. The smallest absolute Gasteiger partial charge is 0.275 e. The van der Waals surface area contributed by atoms with Crippen molar-refractivity contribution in [3.05, 3.63) is 32.7 Å². The first-order chi connectivity index (χ1) is 13.5. The van der Waals surface area contributed by atoms with E-state index in [0.29, 0.717) is 6.54 Å². The molecule has 1 saturated heterocycles. The van der Waals surface area contributed by atoms with E-state index in [4.69, 9.17) is 4.98 Å². The number of carbonyl (C=O) groups excluding carboxylic acids is 1. The number of quaternary nitrogens is 2. The van der Waals surface area contributed by atoms with Crippen molar-refractivity contribution in [1.29, 1.82) is 0 Å². The van der Waals surface area contributed by atoms with E-state index in [1.54, 1.807) is 17.4 Å². The van der Waals surface area contributed by atoms with Crippen molar-refractivity contribution in [2.24, 2.45) is 0 Å². The van der Waals surface area contributed by atoms with E-state index in [2.05, 4.69) is 5.32 Å². The van der Waals surface area contributed by atoms with Gasteiger partial charge in [-0.05, 0) is 39.5 Å². The van der Waals surface area contributed by atoms with Gasteiger partial charge in [-0.2, -0.15) is 0 Å². The Morgan fingerprint density at radius 1 is 1.21 bits per heavy atom. The van der Waals surface area contributed by atoms with Crippen molar-refractivity contribution in [2.75, 3.05) is 32.7 Å². The van der Waals surface area contributed by atoms with Gasteiger partial charge < -0.3 is 15.1 Å². The predicted octanol–water partition coefficient (Wildman–Crippen LogP) is -1.56. The molecule has 152 valence electrons. The Hall–Kier alpha value is -1.77. The van der Waals surface area contributed by atoms with Gasteiger partial charge in [0, 0.05) is 22.7 Å². The number of aromatic nitrogens is 2. The molecule has 2 aromatic heterocycles. The Bertz CT molecular complexity index is 911.